The maximum absolute atomic E-state index is 5.27. The number of aromatic nitrogens is 3. The summed E-state index contributed by atoms with van der Waals surface area (Å²) < 4.78 is 5.27. The van der Waals surface area contributed by atoms with Crippen LogP contribution in [-0.2, 0) is 12.8 Å². The highest BCUT2D eigenvalue weighted by Crippen LogP contribution is 2.30. The fraction of sp³-hybridized carbons (Fsp3) is 0.278. The molecule has 2 heterocycles. The van der Waals surface area contributed by atoms with Gasteiger partial charge in [-0.1, -0.05) is 30.3 Å². The van der Waals surface area contributed by atoms with Gasteiger partial charge in [0.15, 0.2) is 5.65 Å². The minimum absolute atomic E-state index is 0.370. The maximum Gasteiger partial charge on any atom is 0.318 e. The molecule has 2 aromatic heterocycles. The van der Waals surface area contributed by atoms with Crippen molar-refractivity contribution in [1.82, 2.24) is 15.0 Å². The van der Waals surface area contributed by atoms with E-state index in [1.54, 1.807) is 7.11 Å². The summed E-state index contributed by atoms with van der Waals surface area (Å²) >= 11 is 0. The summed E-state index contributed by atoms with van der Waals surface area (Å²) in [4.78, 5) is 13.8. The summed E-state index contributed by atoms with van der Waals surface area (Å²) in [5.41, 5.74) is 5.20. The van der Waals surface area contributed by atoms with Crippen LogP contribution in [0.4, 0.5) is 0 Å². The molecule has 0 spiro atoms. The third-order valence-corrected chi connectivity index (χ3v) is 4.17. The second-order valence-electron chi connectivity index (χ2n) is 5.60. The highest BCUT2D eigenvalue weighted by molar-refractivity contribution is 5.91. The molecule has 0 amide bonds. The molecule has 3 aromatic rings. The number of nitrogens with zero attached hydrogens (tertiary/aromatic N) is 3. The lowest BCUT2D eigenvalue weighted by atomic mass is 9.94. The first-order valence-electron chi connectivity index (χ1n) is 7.65. The number of benzene rings is 1. The Morgan fingerprint density at radius 2 is 1.77 bits per heavy atom. The molecule has 1 aromatic carbocycles. The van der Waals surface area contributed by atoms with Crippen LogP contribution in [0.5, 0.6) is 6.01 Å². The normalized spacial score (nSPS) is 13.9. The molecule has 0 N–H and O–H groups in total. The van der Waals surface area contributed by atoms with Gasteiger partial charge in [0, 0.05) is 16.6 Å². The van der Waals surface area contributed by atoms with E-state index in [0.717, 1.165) is 35.1 Å². The van der Waals surface area contributed by atoms with E-state index in [-0.39, 0.29) is 0 Å². The number of aryl methyl sites for hydroxylation is 2. The number of ether oxygens (including phenoxy) is 1. The van der Waals surface area contributed by atoms with E-state index in [1.807, 2.05) is 18.2 Å². The van der Waals surface area contributed by atoms with Gasteiger partial charge in [-0.3, -0.25) is 0 Å². The summed E-state index contributed by atoms with van der Waals surface area (Å²) in [6, 6.07) is 12.7. The summed E-state index contributed by atoms with van der Waals surface area (Å²) in [5, 5.41) is 1.01. The Labute approximate surface area is 129 Å². The van der Waals surface area contributed by atoms with Gasteiger partial charge in [0.2, 0.25) is 0 Å². The lowest BCUT2D eigenvalue weighted by Crippen LogP contribution is -2.07. The fourth-order valence-corrected chi connectivity index (χ4v) is 3.06. The van der Waals surface area contributed by atoms with E-state index in [0.29, 0.717) is 6.01 Å². The molecule has 4 nitrogen and oxygen atoms in total. The van der Waals surface area contributed by atoms with Crippen molar-refractivity contribution in [2.75, 3.05) is 7.11 Å². The Morgan fingerprint density at radius 1 is 0.955 bits per heavy atom. The summed E-state index contributed by atoms with van der Waals surface area (Å²) in [6.07, 6.45) is 4.58. The van der Waals surface area contributed by atoms with Crippen LogP contribution < -0.4 is 4.74 Å². The standard InChI is InChI=1S/C18H17N3O/c1-22-18-20-16(12-7-3-2-4-8-12)14-11-13-9-5-6-10-15(13)19-17(14)21-18/h2-4,7-8,11H,5-6,9-10H2,1H3. The van der Waals surface area contributed by atoms with Crippen LogP contribution in [0.1, 0.15) is 24.1 Å². The second-order valence-corrected chi connectivity index (χ2v) is 5.60. The molecule has 0 atom stereocenters. The van der Waals surface area contributed by atoms with Gasteiger partial charge in [-0.2, -0.15) is 9.97 Å². The summed E-state index contributed by atoms with van der Waals surface area (Å²) in [6.45, 7) is 0. The lowest BCUT2D eigenvalue weighted by molar-refractivity contribution is 0.382. The van der Waals surface area contributed by atoms with E-state index in [4.69, 9.17) is 9.72 Å². The highest BCUT2D eigenvalue weighted by Gasteiger charge is 2.17. The van der Waals surface area contributed by atoms with Crippen LogP contribution in [0.15, 0.2) is 36.4 Å². The topological polar surface area (TPSA) is 47.9 Å². The maximum atomic E-state index is 5.27. The van der Waals surface area contributed by atoms with Crippen molar-refractivity contribution >= 4 is 11.0 Å². The fourth-order valence-electron chi connectivity index (χ4n) is 3.06. The molecule has 110 valence electrons. The smallest absolute Gasteiger partial charge is 0.318 e. The van der Waals surface area contributed by atoms with Crippen molar-refractivity contribution < 1.29 is 4.74 Å². The number of methoxy groups -OCH3 is 1. The zero-order valence-electron chi connectivity index (χ0n) is 12.5. The van der Waals surface area contributed by atoms with Crippen LogP contribution in [0.2, 0.25) is 0 Å². The van der Waals surface area contributed by atoms with Crippen molar-refractivity contribution in [3.8, 4) is 17.3 Å². The Morgan fingerprint density at radius 3 is 2.59 bits per heavy atom. The zero-order chi connectivity index (χ0) is 14.9. The van der Waals surface area contributed by atoms with Crippen molar-refractivity contribution in [2.24, 2.45) is 0 Å². The minimum atomic E-state index is 0.370. The molecule has 0 fully saturated rings. The molecule has 0 saturated heterocycles. The van der Waals surface area contributed by atoms with Gasteiger partial charge in [-0.05, 0) is 37.3 Å². The van der Waals surface area contributed by atoms with Crippen LogP contribution in [-0.4, -0.2) is 22.1 Å². The molecular formula is C18H17N3O. The largest absolute Gasteiger partial charge is 0.467 e. The first-order valence-corrected chi connectivity index (χ1v) is 7.65. The van der Waals surface area contributed by atoms with Crippen molar-refractivity contribution in [1.29, 1.82) is 0 Å². The first kappa shape index (κ1) is 13.2. The van der Waals surface area contributed by atoms with Gasteiger partial charge in [-0.15, -0.1) is 0 Å². The molecule has 0 aliphatic heterocycles. The van der Waals surface area contributed by atoms with Crippen LogP contribution in [0.25, 0.3) is 22.3 Å². The Kier molecular flexibility index (Phi) is 3.22. The van der Waals surface area contributed by atoms with Crippen molar-refractivity contribution in [3.05, 3.63) is 47.7 Å². The minimum Gasteiger partial charge on any atom is -0.467 e. The van der Waals surface area contributed by atoms with Crippen LogP contribution in [0.3, 0.4) is 0 Å². The van der Waals surface area contributed by atoms with E-state index in [1.165, 1.54) is 24.1 Å². The van der Waals surface area contributed by atoms with Crippen molar-refractivity contribution in [2.45, 2.75) is 25.7 Å². The molecule has 22 heavy (non-hydrogen) atoms. The third-order valence-electron chi connectivity index (χ3n) is 4.17. The van der Waals surface area contributed by atoms with E-state index < -0.39 is 0 Å². The highest BCUT2D eigenvalue weighted by atomic mass is 16.5. The molecule has 0 saturated carbocycles. The molecule has 1 aliphatic carbocycles. The third kappa shape index (κ3) is 2.21. The molecule has 4 heteroatoms. The Hall–Kier alpha value is -2.49. The molecule has 0 bridgehead atoms. The SMILES string of the molecule is COc1nc(-c2ccccc2)c2cc3c(nc2n1)CCCC3. The predicted molar refractivity (Wildman–Crippen MR) is 86.0 cm³/mol. The Bertz CT molecular complexity index is 831. The number of rotatable bonds is 2. The quantitative estimate of drug-likeness (QED) is 0.724. The van der Waals surface area contributed by atoms with Gasteiger partial charge >= 0.3 is 6.01 Å². The van der Waals surface area contributed by atoms with Gasteiger partial charge in [-0.25, -0.2) is 4.98 Å². The molecule has 1 aliphatic rings. The van der Waals surface area contributed by atoms with E-state index in [2.05, 4.69) is 28.2 Å². The molecule has 0 unspecified atom stereocenters. The van der Waals surface area contributed by atoms with Gasteiger partial charge in [0.1, 0.15) is 0 Å². The van der Waals surface area contributed by atoms with Gasteiger partial charge in [0.25, 0.3) is 0 Å². The van der Waals surface area contributed by atoms with Gasteiger partial charge in [0.05, 0.1) is 12.8 Å². The molecular weight excluding hydrogens is 274 g/mol. The van der Waals surface area contributed by atoms with Crippen molar-refractivity contribution in [3.63, 3.8) is 0 Å². The van der Waals surface area contributed by atoms with E-state index >= 15 is 0 Å². The monoisotopic (exact) mass is 291 g/mol. The number of pyridine rings is 1. The van der Waals surface area contributed by atoms with Crippen LogP contribution in [0, 0.1) is 0 Å². The summed E-state index contributed by atoms with van der Waals surface area (Å²) in [7, 11) is 1.59. The van der Waals surface area contributed by atoms with Gasteiger partial charge < -0.3 is 4.74 Å². The Balaban J connectivity index is 2.01. The molecule has 0 radical (unpaired) electrons. The summed E-state index contributed by atoms with van der Waals surface area (Å²) in [5.74, 6) is 0. The first-order chi connectivity index (χ1) is 10.8. The lowest BCUT2D eigenvalue weighted by Gasteiger charge is -2.16. The van der Waals surface area contributed by atoms with E-state index in [9.17, 15) is 0 Å². The number of fused-ring (bicyclic) bond motifs is 2. The average Bonchev–Trinajstić information content (AvgIpc) is 2.59. The van der Waals surface area contributed by atoms with Crippen LogP contribution >= 0.6 is 0 Å². The molecule has 4 rings (SSSR count). The average molecular weight is 291 g/mol. The zero-order valence-corrected chi connectivity index (χ0v) is 12.5. The predicted octanol–water partition coefficient (Wildman–Crippen LogP) is 3.58. The second kappa shape index (κ2) is 5.37. The number of hydrogen-bond acceptors (Lipinski definition) is 4. The number of hydrogen-bond donors (Lipinski definition) is 0.